The molecule has 0 saturated carbocycles. The van der Waals surface area contributed by atoms with E-state index in [0.717, 1.165) is 11.0 Å². The number of primary sulfonamides is 1. The van der Waals surface area contributed by atoms with Crippen LogP contribution in [-0.4, -0.2) is 19.5 Å². The highest BCUT2D eigenvalue weighted by molar-refractivity contribution is 8.00. The quantitative estimate of drug-likeness (QED) is 0.551. The van der Waals surface area contributed by atoms with Gasteiger partial charge in [0.15, 0.2) is 0 Å². The van der Waals surface area contributed by atoms with Crippen LogP contribution < -0.4 is 10.5 Å². The van der Waals surface area contributed by atoms with Crippen LogP contribution in [0, 0.1) is 0 Å². The number of carboxylic acids is 1. The van der Waals surface area contributed by atoms with E-state index in [0.29, 0.717) is 16.3 Å². The molecule has 0 aliphatic rings. The van der Waals surface area contributed by atoms with Crippen molar-refractivity contribution in [2.45, 2.75) is 21.2 Å². The van der Waals surface area contributed by atoms with Crippen molar-refractivity contribution in [1.82, 2.24) is 0 Å². The normalized spacial score (nSPS) is 11.3. The summed E-state index contributed by atoms with van der Waals surface area (Å²) in [7, 11) is -4.15. The molecule has 0 unspecified atom stereocenters. The lowest BCUT2D eigenvalue weighted by Gasteiger charge is -2.16. The lowest BCUT2D eigenvalue weighted by atomic mass is 10.2. The molecular formula is C18H16N2O5S2. The molecule has 0 saturated heterocycles. The lowest BCUT2D eigenvalue weighted by Crippen LogP contribution is -2.16. The third-order valence-corrected chi connectivity index (χ3v) is 5.82. The van der Waals surface area contributed by atoms with Crippen LogP contribution in [0.2, 0.25) is 0 Å². The van der Waals surface area contributed by atoms with Crippen molar-refractivity contribution in [3.63, 3.8) is 0 Å². The van der Waals surface area contributed by atoms with Gasteiger partial charge in [0.05, 0.1) is 33.8 Å². The van der Waals surface area contributed by atoms with E-state index >= 15 is 0 Å². The Labute approximate surface area is 160 Å². The summed E-state index contributed by atoms with van der Waals surface area (Å²) >= 11 is 1.18. The predicted octanol–water partition coefficient (Wildman–Crippen LogP) is 3.39. The fourth-order valence-corrected chi connectivity index (χ4v) is 4.44. The fourth-order valence-electron chi connectivity index (χ4n) is 2.38. The van der Waals surface area contributed by atoms with Crippen LogP contribution in [0.4, 0.5) is 5.69 Å². The monoisotopic (exact) mass is 404 g/mol. The molecule has 0 aliphatic carbocycles. The van der Waals surface area contributed by atoms with E-state index in [1.165, 1.54) is 24.1 Å². The Morgan fingerprint density at radius 2 is 1.89 bits per heavy atom. The summed E-state index contributed by atoms with van der Waals surface area (Å²) in [5, 5.41) is 17.7. The van der Waals surface area contributed by atoms with E-state index in [1.807, 2.05) is 30.3 Å². The van der Waals surface area contributed by atoms with E-state index in [9.17, 15) is 18.3 Å². The number of hydrogen-bond donors (Lipinski definition) is 3. The lowest BCUT2D eigenvalue weighted by molar-refractivity contribution is 0.0696. The number of carboxylic acid groups (broad SMARTS) is 1. The first-order chi connectivity index (χ1) is 12.8. The number of rotatable bonds is 7. The maximum atomic E-state index is 12.1. The Kier molecular flexibility index (Phi) is 5.54. The average Bonchev–Trinajstić information content (AvgIpc) is 3.14. The molecule has 0 fully saturated rings. The van der Waals surface area contributed by atoms with Crippen LogP contribution in [0.1, 0.15) is 16.1 Å². The van der Waals surface area contributed by atoms with Crippen molar-refractivity contribution in [2.75, 3.05) is 5.32 Å². The second-order valence-corrected chi connectivity index (χ2v) is 8.16. The molecule has 1 aromatic heterocycles. The number of furan rings is 1. The molecule has 140 valence electrons. The van der Waals surface area contributed by atoms with Crippen molar-refractivity contribution < 1.29 is 22.7 Å². The molecule has 7 nitrogen and oxygen atoms in total. The Bertz CT molecular complexity index is 1050. The van der Waals surface area contributed by atoms with Crippen molar-refractivity contribution in [2.24, 2.45) is 5.14 Å². The number of sulfonamides is 1. The molecule has 3 rings (SSSR count). The van der Waals surface area contributed by atoms with Gasteiger partial charge in [0.2, 0.25) is 10.0 Å². The minimum absolute atomic E-state index is 0.182. The molecule has 0 atom stereocenters. The van der Waals surface area contributed by atoms with Gasteiger partial charge in [-0.2, -0.15) is 0 Å². The zero-order chi connectivity index (χ0) is 19.4. The largest absolute Gasteiger partial charge is 0.478 e. The van der Waals surface area contributed by atoms with Gasteiger partial charge in [0, 0.05) is 4.90 Å². The van der Waals surface area contributed by atoms with E-state index in [1.54, 1.807) is 12.1 Å². The third-order valence-electron chi connectivity index (χ3n) is 3.60. The van der Waals surface area contributed by atoms with Crippen LogP contribution in [0.3, 0.4) is 0 Å². The maximum absolute atomic E-state index is 12.1. The van der Waals surface area contributed by atoms with Crippen LogP contribution in [0.5, 0.6) is 0 Å². The highest BCUT2D eigenvalue weighted by atomic mass is 32.2. The Morgan fingerprint density at radius 1 is 1.15 bits per heavy atom. The van der Waals surface area contributed by atoms with Gasteiger partial charge in [-0.3, -0.25) is 0 Å². The molecule has 2 aromatic carbocycles. The first-order valence-corrected chi connectivity index (χ1v) is 10.1. The highest BCUT2D eigenvalue weighted by Crippen LogP contribution is 2.39. The number of nitrogens with two attached hydrogens (primary N) is 1. The van der Waals surface area contributed by atoms with Crippen LogP contribution in [0.15, 0.2) is 80.0 Å². The fraction of sp³-hybridized carbons (Fsp3) is 0.0556. The van der Waals surface area contributed by atoms with Gasteiger partial charge in [0.25, 0.3) is 0 Å². The van der Waals surface area contributed by atoms with Gasteiger partial charge in [-0.15, -0.1) is 0 Å². The second-order valence-electron chi connectivity index (χ2n) is 5.55. The summed E-state index contributed by atoms with van der Waals surface area (Å²) in [6.07, 6.45) is 1.51. The number of nitrogens with one attached hydrogen (secondary N) is 1. The van der Waals surface area contributed by atoms with E-state index < -0.39 is 16.0 Å². The second kappa shape index (κ2) is 7.87. The number of carbonyl (C=O) groups is 1. The average molecular weight is 404 g/mol. The molecule has 0 bridgehead atoms. The van der Waals surface area contributed by atoms with Gasteiger partial charge < -0.3 is 14.8 Å². The number of anilines is 1. The summed E-state index contributed by atoms with van der Waals surface area (Å²) in [5.41, 5.74) is 0.155. The molecule has 9 heteroatoms. The molecular weight excluding hydrogens is 388 g/mol. The number of benzene rings is 2. The SMILES string of the molecule is NS(=O)(=O)c1cc(C(=O)O)cc(NCc2ccco2)c1Sc1ccccc1. The number of hydrogen-bond acceptors (Lipinski definition) is 6. The standard InChI is InChI=1S/C18H16N2O5S2/c19-27(23,24)16-10-12(18(21)22)9-15(20-11-13-5-4-8-25-13)17(16)26-14-6-2-1-3-7-14/h1-10,20H,11H2,(H,21,22)(H2,19,23,24). The highest BCUT2D eigenvalue weighted by Gasteiger charge is 2.22. The van der Waals surface area contributed by atoms with Crippen LogP contribution >= 0.6 is 11.8 Å². The summed E-state index contributed by atoms with van der Waals surface area (Å²) in [6.45, 7) is 0.252. The first kappa shape index (κ1) is 19.0. The minimum atomic E-state index is -4.15. The topological polar surface area (TPSA) is 123 Å². The van der Waals surface area contributed by atoms with Crippen LogP contribution in [-0.2, 0) is 16.6 Å². The van der Waals surface area contributed by atoms with Gasteiger partial charge in [-0.25, -0.2) is 18.4 Å². The molecule has 0 spiro atoms. The molecule has 1 heterocycles. The van der Waals surface area contributed by atoms with Gasteiger partial charge in [-0.1, -0.05) is 30.0 Å². The van der Waals surface area contributed by atoms with E-state index in [4.69, 9.17) is 9.56 Å². The van der Waals surface area contributed by atoms with Crippen LogP contribution in [0.25, 0.3) is 0 Å². The summed E-state index contributed by atoms with van der Waals surface area (Å²) in [4.78, 5) is 12.3. The van der Waals surface area contributed by atoms with Crippen molar-refractivity contribution in [3.05, 3.63) is 72.2 Å². The Balaban J connectivity index is 2.11. The van der Waals surface area contributed by atoms with E-state index in [-0.39, 0.29) is 17.0 Å². The summed E-state index contributed by atoms with van der Waals surface area (Å²) in [6, 6.07) is 15.0. The van der Waals surface area contributed by atoms with Gasteiger partial charge >= 0.3 is 5.97 Å². The van der Waals surface area contributed by atoms with Crippen molar-refractivity contribution in [3.8, 4) is 0 Å². The first-order valence-electron chi connectivity index (χ1n) is 7.78. The zero-order valence-electron chi connectivity index (χ0n) is 14.0. The predicted molar refractivity (Wildman–Crippen MR) is 101 cm³/mol. The Hall–Kier alpha value is -2.75. The molecule has 0 amide bonds. The van der Waals surface area contributed by atoms with E-state index in [2.05, 4.69) is 5.32 Å². The number of aromatic carboxylic acids is 1. The zero-order valence-corrected chi connectivity index (χ0v) is 15.6. The molecule has 4 N–H and O–H groups in total. The molecule has 0 aliphatic heterocycles. The minimum Gasteiger partial charge on any atom is -0.478 e. The Morgan fingerprint density at radius 3 is 2.48 bits per heavy atom. The third kappa shape index (κ3) is 4.70. The maximum Gasteiger partial charge on any atom is 0.335 e. The summed E-state index contributed by atoms with van der Waals surface area (Å²) in [5.74, 6) is -0.638. The summed E-state index contributed by atoms with van der Waals surface area (Å²) < 4.78 is 29.5. The molecule has 3 aromatic rings. The van der Waals surface area contributed by atoms with Gasteiger partial charge in [-0.05, 0) is 36.4 Å². The molecule has 27 heavy (non-hydrogen) atoms. The van der Waals surface area contributed by atoms with Crippen molar-refractivity contribution >= 4 is 33.4 Å². The van der Waals surface area contributed by atoms with Gasteiger partial charge in [0.1, 0.15) is 5.76 Å². The molecule has 0 radical (unpaired) electrons. The smallest absolute Gasteiger partial charge is 0.335 e. The van der Waals surface area contributed by atoms with Crippen molar-refractivity contribution in [1.29, 1.82) is 0 Å².